The summed E-state index contributed by atoms with van der Waals surface area (Å²) in [6.45, 7) is 6.64. The molecule has 0 amide bonds. The average Bonchev–Trinajstić information content (AvgIpc) is 2.57. The van der Waals surface area contributed by atoms with Crippen molar-refractivity contribution < 1.29 is 19.4 Å². The monoisotopic (exact) mass is 336 g/mol. The second-order valence-electron chi connectivity index (χ2n) is 5.74. The molecule has 1 unspecified atom stereocenters. The van der Waals surface area contributed by atoms with Gasteiger partial charge in [-0.05, 0) is 24.8 Å². The van der Waals surface area contributed by atoms with Gasteiger partial charge in [0.15, 0.2) is 0 Å². The molecular weight excluding hydrogens is 304 g/mol. The van der Waals surface area contributed by atoms with E-state index in [4.69, 9.17) is 9.84 Å². The van der Waals surface area contributed by atoms with Gasteiger partial charge in [0.1, 0.15) is 0 Å². The Balaban J connectivity index is 0.000000441. The second-order valence-corrected chi connectivity index (χ2v) is 5.74. The normalized spacial score (nSPS) is 11.1. The highest BCUT2D eigenvalue weighted by Gasteiger charge is 2.16. The molecule has 1 atom stereocenters. The molecular formula is C20H32O4. The van der Waals surface area contributed by atoms with E-state index in [1.54, 1.807) is 0 Å². The maximum absolute atomic E-state index is 10.9. The van der Waals surface area contributed by atoms with Gasteiger partial charge in [0.05, 0.1) is 12.5 Å². The number of hydrogen-bond acceptors (Lipinski definition) is 3. The fourth-order valence-corrected chi connectivity index (χ4v) is 2.23. The molecule has 0 aromatic heterocycles. The lowest BCUT2D eigenvalue weighted by Crippen LogP contribution is -2.09. The zero-order chi connectivity index (χ0) is 18.2. The Hall–Kier alpha value is -1.84. The molecule has 0 heterocycles. The van der Waals surface area contributed by atoms with Crippen molar-refractivity contribution in [2.45, 2.75) is 71.6 Å². The highest BCUT2D eigenvalue weighted by Crippen LogP contribution is 2.18. The van der Waals surface area contributed by atoms with E-state index in [-0.39, 0.29) is 11.9 Å². The summed E-state index contributed by atoms with van der Waals surface area (Å²) in [5, 5.41) is 8.83. The van der Waals surface area contributed by atoms with Crippen LogP contribution in [0.4, 0.5) is 0 Å². The van der Waals surface area contributed by atoms with Crippen LogP contribution in [0.2, 0.25) is 0 Å². The van der Waals surface area contributed by atoms with Crippen LogP contribution in [0.25, 0.3) is 0 Å². The van der Waals surface area contributed by atoms with Crippen LogP contribution in [0.1, 0.15) is 77.2 Å². The van der Waals surface area contributed by atoms with E-state index in [0.717, 1.165) is 18.4 Å². The molecule has 0 fully saturated rings. The number of carboxylic acid groups (broad SMARTS) is 1. The Morgan fingerprint density at radius 1 is 1.00 bits per heavy atom. The number of ether oxygens (including phenoxy) is 1. The van der Waals surface area contributed by atoms with Crippen molar-refractivity contribution in [3.8, 4) is 0 Å². The van der Waals surface area contributed by atoms with E-state index in [2.05, 4.69) is 6.92 Å². The molecule has 0 aliphatic carbocycles. The first-order valence-electron chi connectivity index (χ1n) is 9.00. The summed E-state index contributed by atoms with van der Waals surface area (Å²) in [7, 11) is 0. The number of esters is 1. The Kier molecular flexibility index (Phi) is 13.6. The van der Waals surface area contributed by atoms with E-state index >= 15 is 0 Å². The van der Waals surface area contributed by atoms with E-state index in [1.165, 1.54) is 19.3 Å². The summed E-state index contributed by atoms with van der Waals surface area (Å²) < 4.78 is 4.99. The Morgan fingerprint density at radius 2 is 1.67 bits per heavy atom. The lowest BCUT2D eigenvalue weighted by molar-refractivity contribution is -0.144. The molecule has 1 aromatic carbocycles. The second kappa shape index (κ2) is 14.7. The predicted molar refractivity (Wildman–Crippen MR) is 97.1 cm³/mol. The smallest absolute Gasteiger partial charge is 0.310 e. The number of hydrogen-bond donors (Lipinski definition) is 1. The fraction of sp³-hybridized carbons (Fsp3) is 0.600. The fourth-order valence-electron chi connectivity index (χ4n) is 2.23. The van der Waals surface area contributed by atoms with Gasteiger partial charge in [-0.15, -0.1) is 0 Å². The van der Waals surface area contributed by atoms with E-state index in [9.17, 15) is 9.59 Å². The maximum atomic E-state index is 10.9. The highest BCUT2D eigenvalue weighted by atomic mass is 16.5. The first-order chi connectivity index (χ1) is 11.6. The SMILES string of the molecule is CCC(C(=O)O)c1ccccc1.CCCCCCOC(=O)CCC. The lowest BCUT2D eigenvalue weighted by Gasteiger charge is -2.08. The van der Waals surface area contributed by atoms with E-state index in [1.807, 2.05) is 44.2 Å². The molecule has 4 nitrogen and oxygen atoms in total. The molecule has 1 N–H and O–H groups in total. The zero-order valence-electron chi connectivity index (χ0n) is 15.3. The predicted octanol–water partition coefficient (Wildman–Crippen LogP) is 5.17. The maximum Gasteiger partial charge on any atom is 0.310 e. The average molecular weight is 336 g/mol. The van der Waals surface area contributed by atoms with Gasteiger partial charge in [-0.2, -0.15) is 0 Å². The summed E-state index contributed by atoms with van der Waals surface area (Å²) in [4.78, 5) is 21.6. The largest absolute Gasteiger partial charge is 0.481 e. The number of carbonyl (C=O) groups is 2. The molecule has 1 rings (SSSR count). The minimum atomic E-state index is -0.747. The molecule has 1 aromatic rings. The highest BCUT2D eigenvalue weighted by molar-refractivity contribution is 5.75. The summed E-state index contributed by atoms with van der Waals surface area (Å²) in [5.41, 5.74) is 0.882. The molecule has 0 radical (unpaired) electrons. The van der Waals surface area contributed by atoms with Crippen LogP contribution in [0.5, 0.6) is 0 Å². The van der Waals surface area contributed by atoms with Crippen LogP contribution in [-0.2, 0) is 14.3 Å². The molecule has 136 valence electrons. The molecule has 0 aliphatic heterocycles. The summed E-state index contributed by atoms with van der Waals surface area (Å²) in [6, 6.07) is 9.31. The molecule has 0 bridgehead atoms. The molecule has 0 saturated carbocycles. The molecule has 4 heteroatoms. The van der Waals surface area contributed by atoms with Crippen LogP contribution in [0.15, 0.2) is 30.3 Å². The van der Waals surface area contributed by atoms with Crippen molar-refractivity contribution in [2.75, 3.05) is 6.61 Å². The molecule has 0 spiro atoms. The first-order valence-corrected chi connectivity index (χ1v) is 9.00. The summed E-state index contributed by atoms with van der Waals surface area (Å²) in [6.07, 6.45) is 6.74. The minimum Gasteiger partial charge on any atom is -0.481 e. The standard InChI is InChI=1S/C10H12O2.C10H20O2/c1-2-9(10(11)12)8-6-4-3-5-7-8;1-3-5-6-7-9-12-10(11)8-4-2/h3-7,9H,2H2,1H3,(H,11,12);3-9H2,1-2H3. The van der Waals surface area contributed by atoms with Crippen molar-refractivity contribution >= 4 is 11.9 Å². The van der Waals surface area contributed by atoms with Crippen molar-refractivity contribution in [1.29, 1.82) is 0 Å². The van der Waals surface area contributed by atoms with Gasteiger partial charge in [0.25, 0.3) is 0 Å². The number of benzene rings is 1. The summed E-state index contributed by atoms with van der Waals surface area (Å²) in [5.74, 6) is -1.15. The Morgan fingerprint density at radius 3 is 2.17 bits per heavy atom. The van der Waals surface area contributed by atoms with Gasteiger partial charge < -0.3 is 9.84 Å². The van der Waals surface area contributed by atoms with Gasteiger partial charge in [0, 0.05) is 6.42 Å². The van der Waals surface area contributed by atoms with Crippen LogP contribution in [0, 0.1) is 0 Å². The number of unbranched alkanes of at least 4 members (excludes halogenated alkanes) is 3. The van der Waals surface area contributed by atoms with Crippen molar-refractivity contribution in [1.82, 2.24) is 0 Å². The quantitative estimate of drug-likeness (QED) is 0.472. The van der Waals surface area contributed by atoms with Gasteiger partial charge in [-0.3, -0.25) is 9.59 Å². The number of carboxylic acids is 1. The molecule has 0 aliphatic rings. The zero-order valence-corrected chi connectivity index (χ0v) is 15.3. The topological polar surface area (TPSA) is 63.6 Å². The van der Waals surface area contributed by atoms with Crippen molar-refractivity contribution in [3.05, 3.63) is 35.9 Å². The third-order valence-corrected chi connectivity index (χ3v) is 3.62. The van der Waals surface area contributed by atoms with Gasteiger partial charge in [0.2, 0.25) is 0 Å². The molecule has 24 heavy (non-hydrogen) atoms. The van der Waals surface area contributed by atoms with E-state index in [0.29, 0.717) is 19.4 Å². The third-order valence-electron chi connectivity index (χ3n) is 3.62. The number of carbonyl (C=O) groups excluding carboxylic acids is 1. The minimum absolute atomic E-state index is 0.0472. The van der Waals surface area contributed by atoms with E-state index < -0.39 is 5.97 Å². The van der Waals surface area contributed by atoms with Gasteiger partial charge in [-0.1, -0.05) is 70.4 Å². The van der Waals surface area contributed by atoms with Gasteiger partial charge in [-0.25, -0.2) is 0 Å². The lowest BCUT2D eigenvalue weighted by atomic mass is 9.97. The number of aliphatic carboxylic acids is 1. The van der Waals surface area contributed by atoms with Crippen LogP contribution >= 0.6 is 0 Å². The molecule has 0 saturated heterocycles. The van der Waals surface area contributed by atoms with Crippen LogP contribution in [0.3, 0.4) is 0 Å². The Bertz CT molecular complexity index is 442. The van der Waals surface area contributed by atoms with Crippen LogP contribution in [-0.4, -0.2) is 23.7 Å². The third kappa shape index (κ3) is 10.8. The Labute approximate surface area is 146 Å². The van der Waals surface area contributed by atoms with Crippen molar-refractivity contribution in [3.63, 3.8) is 0 Å². The van der Waals surface area contributed by atoms with Crippen molar-refractivity contribution in [2.24, 2.45) is 0 Å². The summed E-state index contributed by atoms with van der Waals surface area (Å²) >= 11 is 0. The number of rotatable bonds is 10. The van der Waals surface area contributed by atoms with Crippen LogP contribution < -0.4 is 0 Å². The first kappa shape index (κ1) is 22.2. The van der Waals surface area contributed by atoms with Gasteiger partial charge >= 0.3 is 11.9 Å².